The van der Waals surface area contributed by atoms with E-state index in [0.29, 0.717) is 18.8 Å². The fourth-order valence-electron chi connectivity index (χ4n) is 1.29. The molecule has 0 aliphatic heterocycles. The highest BCUT2D eigenvalue weighted by Crippen LogP contribution is 1.87. The Morgan fingerprint density at radius 2 is 2.35 bits per heavy atom. The molecular weight excluding hydrogens is 222 g/mol. The first-order valence-electron chi connectivity index (χ1n) is 5.43. The highest BCUT2D eigenvalue weighted by atomic mass is 16.5. The lowest BCUT2D eigenvalue weighted by Crippen LogP contribution is -2.33. The van der Waals surface area contributed by atoms with E-state index in [1.165, 1.54) is 4.57 Å². The summed E-state index contributed by atoms with van der Waals surface area (Å²) in [5, 5.41) is 2.70. The third-order valence-corrected chi connectivity index (χ3v) is 2.17. The number of hydrogen-bond acceptors (Lipinski definition) is 4. The van der Waals surface area contributed by atoms with E-state index in [1.54, 1.807) is 26.3 Å². The molecule has 0 saturated heterocycles. The first-order chi connectivity index (χ1) is 8.13. The van der Waals surface area contributed by atoms with Crippen molar-refractivity contribution < 1.29 is 9.53 Å². The predicted octanol–water partition coefficient (Wildman–Crippen LogP) is -0.296. The van der Waals surface area contributed by atoms with E-state index in [0.717, 1.165) is 6.42 Å². The molecule has 0 saturated carbocycles. The van der Waals surface area contributed by atoms with Gasteiger partial charge in [0.05, 0.1) is 0 Å². The number of nitrogens with zero attached hydrogens (tertiary/aromatic N) is 2. The standard InChI is InChI=1S/C11H17N3O3/c1-9-4-6-14(11(16)13-9)8-10(15)12-5-3-7-17-2/h4,6H,3,5,7-8H2,1-2H3,(H,12,15). The van der Waals surface area contributed by atoms with Crippen LogP contribution < -0.4 is 11.0 Å². The Hall–Kier alpha value is -1.69. The number of ether oxygens (including phenoxy) is 1. The number of rotatable bonds is 6. The van der Waals surface area contributed by atoms with E-state index in [4.69, 9.17) is 4.74 Å². The zero-order chi connectivity index (χ0) is 12.7. The number of amides is 1. The van der Waals surface area contributed by atoms with Gasteiger partial charge >= 0.3 is 5.69 Å². The van der Waals surface area contributed by atoms with Crippen molar-refractivity contribution in [3.8, 4) is 0 Å². The monoisotopic (exact) mass is 239 g/mol. The Balaban J connectivity index is 2.43. The summed E-state index contributed by atoms with van der Waals surface area (Å²) in [6.45, 7) is 2.88. The van der Waals surface area contributed by atoms with Gasteiger partial charge in [0.2, 0.25) is 5.91 Å². The van der Waals surface area contributed by atoms with Crippen LogP contribution in [0.15, 0.2) is 17.1 Å². The van der Waals surface area contributed by atoms with Crippen LogP contribution in [0.5, 0.6) is 0 Å². The lowest BCUT2D eigenvalue weighted by atomic mass is 10.4. The minimum Gasteiger partial charge on any atom is -0.385 e. The summed E-state index contributed by atoms with van der Waals surface area (Å²) in [6, 6.07) is 1.69. The largest absolute Gasteiger partial charge is 0.385 e. The molecule has 0 atom stereocenters. The second-order valence-electron chi connectivity index (χ2n) is 3.68. The third-order valence-electron chi connectivity index (χ3n) is 2.17. The molecule has 0 aromatic carbocycles. The van der Waals surface area contributed by atoms with Gasteiger partial charge in [-0.25, -0.2) is 4.79 Å². The molecule has 0 radical (unpaired) electrons. The van der Waals surface area contributed by atoms with Crippen molar-refractivity contribution in [2.24, 2.45) is 0 Å². The molecule has 6 nitrogen and oxygen atoms in total. The Bertz CT molecular complexity index is 428. The molecule has 0 fully saturated rings. The lowest BCUT2D eigenvalue weighted by Gasteiger charge is -2.06. The molecule has 1 rings (SSSR count). The van der Waals surface area contributed by atoms with E-state index in [9.17, 15) is 9.59 Å². The smallest absolute Gasteiger partial charge is 0.348 e. The van der Waals surface area contributed by atoms with E-state index in [1.807, 2.05) is 0 Å². The van der Waals surface area contributed by atoms with Crippen LogP contribution in [0, 0.1) is 6.92 Å². The second kappa shape index (κ2) is 6.80. The maximum atomic E-state index is 11.5. The first-order valence-corrected chi connectivity index (χ1v) is 5.43. The zero-order valence-corrected chi connectivity index (χ0v) is 10.1. The average molecular weight is 239 g/mol. The molecule has 0 aliphatic carbocycles. The molecule has 0 aliphatic rings. The van der Waals surface area contributed by atoms with Crippen LogP contribution in [0.2, 0.25) is 0 Å². The molecule has 17 heavy (non-hydrogen) atoms. The van der Waals surface area contributed by atoms with Crippen molar-refractivity contribution in [1.82, 2.24) is 14.9 Å². The van der Waals surface area contributed by atoms with Crippen molar-refractivity contribution in [3.05, 3.63) is 28.4 Å². The van der Waals surface area contributed by atoms with Crippen molar-refractivity contribution in [3.63, 3.8) is 0 Å². The highest BCUT2D eigenvalue weighted by molar-refractivity contribution is 5.75. The number of hydrogen-bond donors (Lipinski definition) is 1. The quantitative estimate of drug-likeness (QED) is 0.692. The average Bonchev–Trinajstić information content (AvgIpc) is 2.28. The van der Waals surface area contributed by atoms with Gasteiger partial charge < -0.3 is 10.1 Å². The van der Waals surface area contributed by atoms with Gasteiger partial charge in [-0.15, -0.1) is 0 Å². The molecule has 94 valence electrons. The van der Waals surface area contributed by atoms with Crippen LogP contribution in [-0.2, 0) is 16.1 Å². The van der Waals surface area contributed by atoms with Gasteiger partial charge in [0.25, 0.3) is 0 Å². The lowest BCUT2D eigenvalue weighted by molar-refractivity contribution is -0.121. The highest BCUT2D eigenvalue weighted by Gasteiger charge is 2.04. The summed E-state index contributed by atoms with van der Waals surface area (Å²) in [7, 11) is 1.61. The number of carbonyl (C=O) groups is 1. The molecule has 1 N–H and O–H groups in total. The number of methoxy groups -OCH3 is 1. The molecule has 0 bridgehead atoms. The Morgan fingerprint density at radius 1 is 1.59 bits per heavy atom. The normalized spacial score (nSPS) is 10.2. The summed E-state index contributed by atoms with van der Waals surface area (Å²) in [4.78, 5) is 26.6. The minimum atomic E-state index is -0.406. The number of nitrogens with one attached hydrogen (secondary N) is 1. The van der Waals surface area contributed by atoms with Gasteiger partial charge in [0.1, 0.15) is 6.54 Å². The molecular formula is C11H17N3O3. The topological polar surface area (TPSA) is 73.2 Å². The zero-order valence-electron chi connectivity index (χ0n) is 10.1. The van der Waals surface area contributed by atoms with Crippen molar-refractivity contribution in [2.45, 2.75) is 19.9 Å². The van der Waals surface area contributed by atoms with E-state index >= 15 is 0 Å². The summed E-state index contributed by atoms with van der Waals surface area (Å²) in [5.41, 5.74) is 0.240. The van der Waals surface area contributed by atoms with Gasteiger partial charge in [-0.2, -0.15) is 4.98 Å². The SMILES string of the molecule is COCCCNC(=O)Cn1ccc(C)nc1=O. The summed E-state index contributed by atoms with van der Waals surface area (Å²) >= 11 is 0. The van der Waals surface area contributed by atoms with Crippen LogP contribution in [0.1, 0.15) is 12.1 Å². The summed E-state index contributed by atoms with van der Waals surface area (Å²) in [5.74, 6) is -0.200. The number of aromatic nitrogens is 2. The maximum Gasteiger partial charge on any atom is 0.348 e. The summed E-state index contributed by atoms with van der Waals surface area (Å²) in [6.07, 6.45) is 2.32. The Morgan fingerprint density at radius 3 is 3.00 bits per heavy atom. The van der Waals surface area contributed by atoms with Crippen LogP contribution in [0.3, 0.4) is 0 Å². The first kappa shape index (κ1) is 13.4. The Kier molecular flexibility index (Phi) is 5.35. The van der Waals surface area contributed by atoms with Gasteiger partial charge in [-0.3, -0.25) is 9.36 Å². The van der Waals surface area contributed by atoms with E-state index < -0.39 is 5.69 Å². The fraction of sp³-hybridized carbons (Fsp3) is 0.545. The van der Waals surface area contributed by atoms with Gasteiger partial charge in [0, 0.05) is 32.2 Å². The molecule has 1 aromatic rings. The van der Waals surface area contributed by atoms with Crippen LogP contribution in [-0.4, -0.2) is 35.7 Å². The molecule has 0 spiro atoms. The van der Waals surface area contributed by atoms with Crippen molar-refractivity contribution >= 4 is 5.91 Å². The van der Waals surface area contributed by atoms with Crippen LogP contribution in [0.25, 0.3) is 0 Å². The second-order valence-corrected chi connectivity index (χ2v) is 3.68. The minimum absolute atomic E-state index is 0.000897. The van der Waals surface area contributed by atoms with Crippen LogP contribution in [0.4, 0.5) is 0 Å². The predicted molar refractivity (Wildman–Crippen MR) is 62.7 cm³/mol. The van der Waals surface area contributed by atoms with E-state index in [2.05, 4.69) is 10.3 Å². The van der Waals surface area contributed by atoms with E-state index in [-0.39, 0.29) is 12.5 Å². The molecule has 1 amide bonds. The number of carbonyl (C=O) groups excluding carboxylic acids is 1. The van der Waals surface area contributed by atoms with Gasteiger partial charge in [0.15, 0.2) is 0 Å². The van der Waals surface area contributed by atoms with Gasteiger partial charge in [-0.1, -0.05) is 0 Å². The molecule has 1 heterocycles. The molecule has 6 heteroatoms. The third kappa shape index (κ3) is 4.78. The molecule has 1 aromatic heterocycles. The Labute approximate surface area is 99.6 Å². The van der Waals surface area contributed by atoms with Crippen molar-refractivity contribution in [1.29, 1.82) is 0 Å². The summed E-state index contributed by atoms with van der Waals surface area (Å²) < 4.78 is 6.13. The maximum absolute atomic E-state index is 11.5. The van der Waals surface area contributed by atoms with Crippen molar-refractivity contribution in [2.75, 3.05) is 20.3 Å². The molecule has 0 unspecified atom stereocenters. The fourth-order valence-corrected chi connectivity index (χ4v) is 1.29. The van der Waals surface area contributed by atoms with Gasteiger partial charge in [-0.05, 0) is 19.4 Å². The van der Waals surface area contributed by atoms with Crippen LogP contribution >= 0.6 is 0 Å². The number of aryl methyl sites for hydroxylation is 1.